The van der Waals surface area contributed by atoms with Crippen molar-refractivity contribution in [3.05, 3.63) is 94.8 Å². The van der Waals surface area contributed by atoms with E-state index in [0.29, 0.717) is 24.6 Å². The topological polar surface area (TPSA) is 47.9 Å². The van der Waals surface area contributed by atoms with E-state index >= 15 is 0 Å². The molecule has 0 radical (unpaired) electrons. The van der Waals surface area contributed by atoms with Crippen molar-refractivity contribution in [2.24, 2.45) is 4.99 Å². The first-order valence-corrected chi connectivity index (χ1v) is 11.2. The highest BCUT2D eigenvalue weighted by atomic mass is 19.1. The molecule has 1 amide bonds. The first kappa shape index (κ1) is 22.5. The molecule has 0 aromatic heterocycles. The van der Waals surface area contributed by atoms with Crippen molar-refractivity contribution < 1.29 is 9.18 Å². The van der Waals surface area contributed by atoms with Crippen LogP contribution in [0.1, 0.15) is 27.0 Å². The molecule has 1 N–H and O–H groups in total. The zero-order valence-electron chi connectivity index (χ0n) is 19.3. The predicted octanol–water partition coefficient (Wildman–Crippen LogP) is 4.99. The number of aliphatic imine (C=N–C) groups is 1. The second-order valence-electron chi connectivity index (χ2n) is 8.45. The Bertz CT molecular complexity index is 1170. The first-order valence-electron chi connectivity index (χ1n) is 11.2. The fourth-order valence-corrected chi connectivity index (χ4v) is 3.93. The highest BCUT2D eigenvalue weighted by Crippen LogP contribution is 2.23. The Labute approximate surface area is 194 Å². The van der Waals surface area contributed by atoms with Crippen molar-refractivity contribution >= 4 is 23.2 Å². The van der Waals surface area contributed by atoms with Crippen molar-refractivity contribution in [2.75, 3.05) is 31.1 Å². The molecule has 4 rings (SSSR count). The second kappa shape index (κ2) is 9.86. The Morgan fingerprint density at radius 1 is 0.879 bits per heavy atom. The second-order valence-corrected chi connectivity index (χ2v) is 8.45. The Morgan fingerprint density at radius 2 is 1.58 bits per heavy atom. The molecule has 1 aliphatic rings. The molecule has 0 bridgehead atoms. The molecule has 1 saturated heterocycles. The van der Waals surface area contributed by atoms with Crippen molar-refractivity contribution in [1.29, 1.82) is 0 Å². The van der Waals surface area contributed by atoms with Crippen LogP contribution >= 0.6 is 0 Å². The maximum absolute atomic E-state index is 14.0. The van der Waals surface area contributed by atoms with Gasteiger partial charge >= 0.3 is 0 Å². The van der Waals surface area contributed by atoms with E-state index in [4.69, 9.17) is 4.99 Å². The molecule has 0 aliphatic carbocycles. The van der Waals surface area contributed by atoms with E-state index in [9.17, 15) is 9.18 Å². The van der Waals surface area contributed by atoms with Crippen LogP contribution in [0, 0.1) is 26.6 Å². The number of para-hydroxylation sites is 1. The normalized spacial score (nSPS) is 14.4. The summed E-state index contributed by atoms with van der Waals surface area (Å²) in [7, 11) is 0. The highest BCUT2D eigenvalue weighted by Gasteiger charge is 2.23. The zero-order valence-corrected chi connectivity index (χ0v) is 19.3. The van der Waals surface area contributed by atoms with E-state index in [-0.39, 0.29) is 11.5 Å². The summed E-state index contributed by atoms with van der Waals surface area (Å²) in [6.45, 7) is 8.95. The van der Waals surface area contributed by atoms with Crippen LogP contribution in [0.4, 0.5) is 15.8 Å². The van der Waals surface area contributed by atoms with E-state index in [1.165, 1.54) is 22.9 Å². The summed E-state index contributed by atoms with van der Waals surface area (Å²) >= 11 is 0. The van der Waals surface area contributed by atoms with Crippen LogP contribution in [0.25, 0.3) is 0 Å². The summed E-state index contributed by atoms with van der Waals surface area (Å²) < 4.78 is 14.0. The summed E-state index contributed by atoms with van der Waals surface area (Å²) in [6, 6.07) is 20.5. The molecule has 6 heteroatoms. The van der Waals surface area contributed by atoms with Gasteiger partial charge in [-0.25, -0.2) is 9.38 Å². The van der Waals surface area contributed by atoms with Crippen molar-refractivity contribution in [3.8, 4) is 0 Å². The van der Waals surface area contributed by atoms with Crippen molar-refractivity contribution in [2.45, 2.75) is 20.8 Å². The number of guanidine groups is 1. The van der Waals surface area contributed by atoms with Gasteiger partial charge in [0.25, 0.3) is 5.91 Å². The number of piperazine rings is 1. The lowest BCUT2D eigenvalue weighted by atomic mass is 10.1. The summed E-state index contributed by atoms with van der Waals surface area (Å²) in [5, 5.41) is 2.93. The molecule has 1 fully saturated rings. The summed E-state index contributed by atoms with van der Waals surface area (Å²) in [5.74, 6) is -0.292. The van der Waals surface area contributed by atoms with Crippen molar-refractivity contribution in [3.63, 3.8) is 0 Å². The average Bonchev–Trinajstić information content (AvgIpc) is 2.82. The molecule has 3 aromatic carbocycles. The number of carbonyl (C=O) groups excluding carboxylic acids is 1. The predicted molar refractivity (Wildman–Crippen MR) is 132 cm³/mol. The number of nitrogens with zero attached hydrogens (tertiary/aromatic N) is 3. The maximum atomic E-state index is 14.0. The van der Waals surface area contributed by atoms with Gasteiger partial charge in [-0.1, -0.05) is 36.4 Å². The van der Waals surface area contributed by atoms with E-state index in [1.807, 2.05) is 30.3 Å². The zero-order chi connectivity index (χ0) is 23.4. The number of hydrogen-bond acceptors (Lipinski definition) is 3. The number of aryl methyl sites for hydroxylation is 3. The summed E-state index contributed by atoms with van der Waals surface area (Å²) in [4.78, 5) is 22.1. The number of amides is 1. The van der Waals surface area contributed by atoms with Gasteiger partial charge in [0.15, 0.2) is 0 Å². The van der Waals surface area contributed by atoms with Gasteiger partial charge in [-0.15, -0.1) is 0 Å². The molecule has 0 unspecified atom stereocenters. The van der Waals surface area contributed by atoms with Gasteiger partial charge in [0.1, 0.15) is 5.82 Å². The Hall–Kier alpha value is -3.67. The van der Waals surface area contributed by atoms with Crippen LogP contribution in [-0.2, 0) is 0 Å². The number of carbonyl (C=O) groups is 1. The molecule has 0 spiro atoms. The van der Waals surface area contributed by atoms with E-state index < -0.39 is 5.82 Å². The van der Waals surface area contributed by atoms with Gasteiger partial charge in [-0.05, 0) is 67.8 Å². The van der Waals surface area contributed by atoms with E-state index in [0.717, 1.165) is 18.8 Å². The largest absolute Gasteiger partial charge is 0.368 e. The quantitative estimate of drug-likeness (QED) is 0.457. The maximum Gasteiger partial charge on any atom is 0.258 e. The molecule has 170 valence electrons. The molecule has 33 heavy (non-hydrogen) atoms. The molecule has 0 atom stereocenters. The molecule has 3 aromatic rings. The molecule has 1 heterocycles. The fourth-order valence-electron chi connectivity index (χ4n) is 3.93. The van der Waals surface area contributed by atoms with Crippen LogP contribution in [0.2, 0.25) is 0 Å². The Kier molecular flexibility index (Phi) is 6.73. The SMILES string of the molecule is Cc1ccc(C)c(N2CCN(C(=Nc3ccccc3)NC(=O)c3ccc(C)c(F)c3)CC2)c1. The number of halogens is 1. The molecule has 1 aliphatic heterocycles. The minimum absolute atomic E-state index is 0.271. The van der Waals surface area contributed by atoms with Gasteiger partial charge in [0.2, 0.25) is 5.96 Å². The third kappa shape index (κ3) is 5.40. The van der Waals surface area contributed by atoms with Gasteiger partial charge in [-0.2, -0.15) is 0 Å². The third-order valence-electron chi connectivity index (χ3n) is 5.94. The molecular formula is C27H29FN4O. The van der Waals surface area contributed by atoms with Crippen molar-refractivity contribution in [1.82, 2.24) is 10.2 Å². The van der Waals surface area contributed by atoms with Crippen LogP contribution in [0.5, 0.6) is 0 Å². The van der Waals surface area contributed by atoms with Gasteiger partial charge in [-0.3, -0.25) is 10.1 Å². The minimum atomic E-state index is -0.397. The lowest BCUT2D eigenvalue weighted by Crippen LogP contribution is -2.53. The fraction of sp³-hybridized carbons (Fsp3) is 0.259. The Balaban J connectivity index is 1.54. The van der Waals surface area contributed by atoms with Crippen LogP contribution in [-0.4, -0.2) is 42.9 Å². The number of benzene rings is 3. The van der Waals surface area contributed by atoms with E-state index in [2.05, 4.69) is 47.2 Å². The van der Waals surface area contributed by atoms with Crippen LogP contribution in [0.15, 0.2) is 71.7 Å². The lowest BCUT2D eigenvalue weighted by molar-refractivity contribution is 0.0971. The number of anilines is 1. The summed E-state index contributed by atoms with van der Waals surface area (Å²) in [5.41, 5.74) is 5.26. The molecule has 0 saturated carbocycles. The van der Waals surface area contributed by atoms with Gasteiger partial charge in [0, 0.05) is 37.4 Å². The van der Waals surface area contributed by atoms with Crippen LogP contribution in [0.3, 0.4) is 0 Å². The van der Waals surface area contributed by atoms with Crippen LogP contribution < -0.4 is 10.2 Å². The minimum Gasteiger partial charge on any atom is -0.368 e. The lowest BCUT2D eigenvalue weighted by Gasteiger charge is -2.38. The number of rotatable bonds is 3. The highest BCUT2D eigenvalue weighted by molar-refractivity contribution is 6.06. The van der Waals surface area contributed by atoms with Gasteiger partial charge in [0.05, 0.1) is 5.69 Å². The first-order chi connectivity index (χ1) is 15.9. The summed E-state index contributed by atoms with van der Waals surface area (Å²) in [6.07, 6.45) is 0. The van der Waals surface area contributed by atoms with E-state index in [1.54, 1.807) is 19.1 Å². The standard InChI is InChI=1S/C27H29FN4O/c1-19-9-10-21(3)25(17-19)31-13-15-32(16-14-31)27(29-23-7-5-4-6-8-23)30-26(33)22-12-11-20(2)24(28)18-22/h4-12,17-18H,13-16H2,1-3H3,(H,29,30,33). The van der Waals surface area contributed by atoms with Gasteiger partial charge < -0.3 is 9.80 Å². The molecular weight excluding hydrogens is 415 g/mol. The number of hydrogen-bond donors (Lipinski definition) is 1. The molecule has 5 nitrogen and oxygen atoms in total. The Morgan fingerprint density at radius 3 is 2.27 bits per heavy atom. The number of nitrogens with one attached hydrogen (secondary N) is 1. The average molecular weight is 445 g/mol. The third-order valence-corrected chi connectivity index (χ3v) is 5.94. The smallest absolute Gasteiger partial charge is 0.258 e. The monoisotopic (exact) mass is 444 g/mol.